The number of aliphatic carboxylic acids is 1. The number of nitrogens with one attached hydrogen (secondary N) is 1. The highest BCUT2D eigenvalue weighted by Gasteiger charge is 2.17. The smallest absolute Gasteiger partial charge is 0.342 e. The Labute approximate surface area is 233 Å². The highest BCUT2D eigenvalue weighted by atomic mass is 35.5. The van der Waals surface area contributed by atoms with Crippen LogP contribution in [0.1, 0.15) is 18.1 Å². The van der Waals surface area contributed by atoms with E-state index < -0.39 is 5.97 Å². The molecule has 4 aromatic rings. The lowest BCUT2D eigenvalue weighted by atomic mass is 10.2. The van der Waals surface area contributed by atoms with Crippen molar-refractivity contribution in [2.24, 2.45) is 0 Å². The maximum Gasteiger partial charge on any atom is 0.342 e. The third-order valence-corrected chi connectivity index (χ3v) is 6.53. The molecule has 0 spiro atoms. The van der Waals surface area contributed by atoms with Crippen molar-refractivity contribution in [3.05, 3.63) is 86.7 Å². The highest BCUT2D eigenvalue weighted by molar-refractivity contribution is 8.04. The van der Waals surface area contributed by atoms with E-state index in [1.165, 1.54) is 13.2 Å². The summed E-state index contributed by atoms with van der Waals surface area (Å²) < 4.78 is 17.0. The van der Waals surface area contributed by atoms with Gasteiger partial charge >= 0.3 is 5.97 Å². The number of nitrogens with zero attached hydrogens (tertiary/aromatic N) is 2. The van der Waals surface area contributed by atoms with Crippen molar-refractivity contribution in [2.75, 3.05) is 13.7 Å². The number of rotatable bonds is 11. The molecule has 1 heterocycles. The van der Waals surface area contributed by atoms with E-state index in [9.17, 15) is 9.90 Å². The SMILES string of the molecule is CCOc1cc(/C=C(\Sc2n[nH]c(-c3cc(Cl)ccc3OC)n2)C(=O)O)ccc1OCc1ccc(Cl)cc1. The summed E-state index contributed by atoms with van der Waals surface area (Å²) in [7, 11) is 1.54. The number of hydrogen-bond acceptors (Lipinski definition) is 7. The second-order valence-corrected chi connectivity index (χ2v) is 9.66. The molecule has 11 heteroatoms. The van der Waals surface area contributed by atoms with Gasteiger partial charge in [-0.1, -0.05) is 41.4 Å². The maximum atomic E-state index is 12.0. The Balaban J connectivity index is 1.55. The van der Waals surface area contributed by atoms with Crippen LogP contribution >= 0.6 is 35.0 Å². The van der Waals surface area contributed by atoms with E-state index in [1.807, 2.05) is 19.1 Å². The minimum Gasteiger partial charge on any atom is -0.496 e. The lowest BCUT2D eigenvalue weighted by Crippen LogP contribution is -2.00. The molecule has 0 saturated heterocycles. The van der Waals surface area contributed by atoms with Gasteiger partial charge < -0.3 is 19.3 Å². The molecule has 38 heavy (non-hydrogen) atoms. The van der Waals surface area contributed by atoms with Crippen molar-refractivity contribution in [3.8, 4) is 28.6 Å². The van der Waals surface area contributed by atoms with Crippen LogP contribution in [0.15, 0.2) is 70.7 Å². The number of carbonyl (C=O) groups is 1. The summed E-state index contributed by atoms with van der Waals surface area (Å²) in [5, 5.41) is 18.2. The van der Waals surface area contributed by atoms with Crippen LogP contribution in [0, 0.1) is 0 Å². The molecule has 0 atom stereocenters. The van der Waals surface area contributed by atoms with Crippen LogP contribution in [0.4, 0.5) is 0 Å². The zero-order chi connectivity index (χ0) is 27.1. The van der Waals surface area contributed by atoms with Crippen LogP contribution in [0.3, 0.4) is 0 Å². The average molecular weight is 572 g/mol. The van der Waals surface area contributed by atoms with E-state index in [0.29, 0.717) is 57.5 Å². The van der Waals surface area contributed by atoms with Gasteiger partial charge in [-0.05, 0) is 78.4 Å². The van der Waals surface area contributed by atoms with Crippen molar-refractivity contribution in [3.63, 3.8) is 0 Å². The van der Waals surface area contributed by atoms with Gasteiger partial charge in [0.05, 0.1) is 19.3 Å². The van der Waals surface area contributed by atoms with E-state index in [1.54, 1.807) is 48.5 Å². The Kier molecular flexibility index (Phi) is 9.17. The van der Waals surface area contributed by atoms with Crippen LogP contribution in [0.2, 0.25) is 10.0 Å². The first-order chi connectivity index (χ1) is 18.4. The summed E-state index contributed by atoms with van der Waals surface area (Å²) in [6.07, 6.45) is 1.52. The van der Waals surface area contributed by atoms with Crippen LogP contribution < -0.4 is 14.2 Å². The molecule has 0 aliphatic heterocycles. The zero-order valence-electron chi connectivity index (χ0n) is 20.4. The third-order valence-electron chi connectivity index (χ3n) is 5.17. The predicted molar refractivity (Wildman–Crippen MR) is 148 cm³/mol. The Hall–Kier alpha value is -3.66. The fourth-order valence-corrected chi connectivity index (χ4v) is 4.41. The quantitative estimate of drug-likeness (QED) is 0.146. The van der Waals surface area contributed by atoms with E-state index in [4.69, 9.17) is 37.4 Å². The summed E-state index contributed by atoms with van der Waals surface area (Å²) in [5.41, 5.74) is 2.17. The molecule has 0 bridgehead atoms. The maximum absolute atomic E-state index is 12.0. The third kappa shape index (κ3) is 7.00. The number of ether oxygens (including phenoxy) is 3. The molecule has 0 amide bonds. The number of H-pyrrole nitrogens is 1. The van der Waals surface area contributed by atoms with Gasteiger partial charge in [0.2, 0.25) is 5.16 Å². The van der Waals surface area contributed by atoms with E-state index >= 15 is 0 Å². The van der Waals surface area contributed by atoms with Crippen LogP contribution in [0.25, 0.3) is 17.5 Å². The topological polar surface area (TPSA) is 107 Å². The number of aromatic nitrogens is 3. The summed E-state index contributed by atoms with van der Waals surface area (Å²) in [5.74, 6) is 0.869. The average Bonchev–Trinajstić information content (AvgIpc) is 3.37. The van der Waals surface area contributed by atoms with Gasteiger partial charge in [-0.25, -0.2) is 9.78 Å². The van der Waals surface area contributed by atoms with Crippen molar-refractivity contribution in [2.45, 2.75) is 18.7 Å². The van der Waals surface area contributed by atoms with Crippen molar-refractivity contribution < 1.29 is 24.1 Å². The second-order valence-electron chi connectivity index (χ2n) is 7.78. The van der Waals surface area contributed by atoms with E-state index in [0.717, 1.165) is 17.3 Å². The van der Waals surface area contributed by atoms with E-state index in [2.05, 4.69) is 15.2 Å². The molecule has 0 unspecified atom stereocenters. The van der Waals surface area contributed by atoms with Crippen LogP contribution in [-0.4, -0.2) is 40.0 Å². The number of halogens is 2. The molecule has 2 N–H and O–H groups in total. The minimum atomic E-state index is -1.12. The number of aromatic amines is 1. The molecule has 0 aliphatic carbocycles. The first-order valence-electron chi connectivity index (χ1n) is 11.4. The van der Waals surface area contributed by atoms with E-state index in [-0.39, 0.29) is 10.1 Å². The lowest BCUT2D eigenvalue weighted by molar-refractivity contribution is -0.131. The molecule has 1 aromatic heterocycles. The molecule has 8 nitrogen and oxygen atoms in total. The molecule has 196 valence electrons. The summed E-state index contributed by atoms with van der Waals surface area (Å²) in [6.45, 7) is 2.60. The summed E-state index contributed by atoms with van der Waals surface area (Å²) in [6, 6.07) is 17.7. The van der Waals surface area contributed by atoms with Gasteiger partial charge in [-0.3, -0.25) is 5.10 Å². The van der Waals surface area contributed by atoms with Gasteiger partial charge in [0.15, 0.2) is 17.3 Å². The molecule has 0 fully saturated rings. The molecule has 0 aliphatic rings. The first kappa shape index (κ1) is 27.4. The Bertz CT molecular complexity index is 1460. The molecular formula is C27H23Cl2N3O5S. The number of carboxylic acid groups (broad SMARTS) is 1. The molecule has 0 saturated carbocycles. The molecular weight excluding hydrogens is 549 g/mol. The lowest BCUT2D eigenvalue weighted by Gasteiger charge is -2.13. The van der Waals surface area contributed by atoms with Gasteiger partial charge in [-0.15, -0.1) is 5.10 Å². The van der Waals surface area contributed by atoms with Gasteiger partial charge in [0, 0.05) is 10.0 Å². The predicted octanol–water partition coefficient (Wildman–Crippen LogP) is 6.98. The number of hydrogen-bond donors (Lipinski definition) is 2. The fourth-order valence-electron chi connectivity index (χ4n) is 3.41. The monoisotopic (exact) mass is 571 g/mol. The number of thioether (sulfide) groups is 1. The largest absolute Gasteiger partial charge is 0.496 e. The number of methoxy groups -OCH3 is 1. The Morgan fingerprint density at radius 1 is 1.00 bits per heavy atom. The normalized spacial score (nSPS) is 11.3. The number of carboxylic acids is 1. The minimum absolute atomic E-state index is 0.0193. The molecule has 0 radical (unpaired) electrons. The molecule has 4 rings (SSSR count). The fraction of sp³-hybridized carbons (Fsp3) is 0.148. The van der Waals surface area contributed by atoms with Crippen molar-refractivity contribution in [1.29, 1.82) is 0 Å². The summed E-state index contributed by atoms with van der Waals surface area (Å²) >= 11 is 13.0. The number of benzene rings is 3. The highest BCUT2D eigenvalue weighted by Crippen LogP contribution is 2.34. The Morgan fingerprint density at radius 2 is 1.74 bits per heavy atom. The van der Waals surface area contributed by atoms with Crippen molar-refractivity contribution in [1.82, 2.24) is 15.2 Å². The van der Waals surface area contributed by atoms with Gasteiger partial charge in [0.25, 0.3) is 0 Å². The standard InChI is InChI=1S/C27H23Cl2N3O5S/c1-3-36-23-12-17(6-10-22(23)37-15-16-4-7-18(28)8-5-16)13-24(26(33)34)38-27-30-25(31-32-27)20-14-19(29)9-11-21(20)35-2/h4-14H,3,15H2,1-2H3,(H,33,34)(H,30,31,32)/b24-13-. The van der Waals surface area contributed by atoms with Crippen LogP contribution in [0.5, 0.6) is 17.2 Å². The zero-order valence-corrected chi connectivity index (χ0v) is 22.7. The summed E-state index contributed by atoms with van der Waals surface area (Å²) in [4.78, 5) is 16.5. The van der Waals surface area contributed by atoms with Crippen LogP contribution in [-0.2, 0) is 11.4 Å². The van der Waals surface area contributed by atoms with Crippen molar-refractivity contribution >= 4 is 47.0 Å². The van der Waals surface area contributed by atoms with Gasteiger partial charge in [0.1, 0.15) is 17.3 Å². The first-order valence-corrected chi connectivity index (χ1v) is 13.0. The van der Waals surface area contributed by atoms with Gasteiger partial charge in [-0.2, -0.15) is 0 Å². The molecule has 3 aromatic carbocycles. The Morgan fingerprint density at radius 3 is 2.45 bits per heavy atom. The second kappa shape index (κ2) is 12.7.